The predicted molar refractivity (Wildman–Crippen MR) is 62.8 cm³/mol. The van der Waals surface area contributed by atoms with Crippen LogP contribution in [0.15, 0.2) is 34.9 Å². The van der Waals surface area contributed by atoms with Crippen molar-refractivity contribution >= 4 is 28.5 Å². The number of alkyl halides is 1. The van der Waals surface area contributed by atoms with Crippen LogP contribution in [0.4, 0.5) is 0 Å². The minimum Gasteiger partial charge on any atom is -0.468 e. The van der Waals surface area contributed by atoms with E-state index >= 15 is 0 Å². The molecule has 0 fully saturated rings. The average Bonchev–Trinajstić information content (AvgIpc) is 2.83. The molecule has 0 saturated heterocycles. The van der Waals surface area contributed by atoms with E-state index in [1.54, 1.807) is 30.5 Å². The summed E-state index contributed by atoms with van der Waals surface area (Å²) in [6, 6.07) is 6.87. The first-order valence-corrected chi connectivity index (χ1v) is 5.44. The summed E-state index contributed by atoms with van der Waals surface area (Å²) in [6.07, 6.45) is 0.447. The normalized spacial score (nSPS) is 14.5. The summed E-state index contributed by atoms with van der Waals surface area (Å²) in [6.45, 7) is 0. The lowest BCUT2D eigenvalue weighted by Crippen LogP contribution is -2.23. The third-order valence-corrected chi connectivity index (χ3v) is 2.94. The second kappa shape index (κ2) is 4.77. The van der Waals surface area contributed by atoms with E-state index in [0.29, 0.717) is 11.1 Å². The Morgan fingerprint density at radius 1 is 1.47 bits per heavy atom. The quantitative estimate of drug-likeness (QED) is 0.674. The van der Waals surface area contributed by atoms with Crippen molar-refractivity contribution in [3.05, 3.63) is 36.1 Å². The number of furan rings is 1. The molecule has 0 aliphatic rings. The number of esters is 1. The van der Waals surface area contributed by atoms with E-state index in [0.717, 1.165) is 5.39 Å². The van der Waals surface area contributed by atoms with E-state index in [9.17, 15) is 9.90 Å². The van der Waals surface area contributed by atoms with Crippen LogP contribution in [-0.4, -0.2) is 23.6 Å². The van der Waals surface area contributed by atoms with Gasteiger partial charge >= 0.3 is 5.97 Å². The fourth-order valence-electron chi connectivity index (χ4n) is 1.58. The predicted octanol–water partition coefficient (Wildman–Crippen LogP) is 2.25. The van der Waals surface area contributed by atoms with Gasteiger partial charge in [0.2, 0.25) is 0 Å². The molecule has 1 aromatic heterocycles. The maximum absolute atomic E-state index is 11.2. The van der Waals surface area contributed by atoms with Crippen molar-refractivity contribution < 1.29 is 19.1 Å². The van der Waals surface area contributed by atoms with E-state index < -0.39 is 17.5 Å². The molecule has 0 saturated carbocycles. The van der Waals surface area contributed by atoms with Crippen LogP contribution in [0.2, 0.25) is 0 Å². The average molecular weight is 255 g/mol. The van der Waals surface area contributed by atoms with Crippen molar-refractivity contribution in [3.63, 3.8) is 0 Å². The van der Waals surface area contributed by atoms with Crippen molar-refractivity contribution in [2.75, 3.05) is 7.11 Å². The summed E-state index contributed by atoms with van der Waals surface area (Å²) in [5.74, 6) is -0.661. The zero-order valence-electron chi connectivity index (χ0n) is 9.09. The number of fused-ring (bicyclic) bond motifs is 1. The minimum absolute atomic E-state index is 0.546. The lowest BCUT2D eigenvalue weighted by molar-refractivity contribution is -0.142. The van der Waals surface area contributed by atoms with Crippen LogP contribution in [0, 0.1) is 0 Å². The number of carbonyl (C=O) groups is 1. The molecule has 0 amide bonds. The molecule has 5 heteroatoms. The number of rotatable bonds is 3. The summed E-state index contributed by atoms with van der Waals surface area (Å²) in [5.41, 5.74) is 1.26. The van der Waals surface area contributed by atoms with E-state index in [-0.39, 0.29) is 0 Å². The number of ether oxygens (including phenoxy) is 1. The maximum Gasteiger partial charge on any atom is 0.326 e. The van der Waals surface area contributed by atoms with Crippen molar-refractivity contribution in [1.29, 1.82) is 0 Å². The summed E-state index contributed by atoms with van der Waals surface area (Å²) < 4.78 is 9.65. The first kappa shape index (κ1) is 12.0. The lowest BCUT2D eigenvalue weighted by Gasteiger charge is -2.15. The number of halogens is 1. The molecule has 2 rings (SSSR count). The minimum atomic E-state index is -1.12. The van der Waals surface area contributed by atoms with Crippen molar-refractivity contribution in [3.8, 4) is 0 Å². The molecule has 0 aliphatic heterocycles. The van der Waals surface area contributed by atoms with Gasteiger partial charge in [0.15, 0.2) is 5.38 Å². The first-order chi connectivity index (χ1) is 8.13. The van der Waals surface area contributed by atoms with Crippen molar-refractivity contribution in [1.82, 2.24) is 0 Å². The molecule has 1 aromatic carbocycles. The SMILES string of the molecule is COC(=O)C(Cl)C(O)c1ccc2occc2c1. The maximum atomic E-state index is 11.2. The molecule has 0 radical (unpaired) electrons. The molecule has 17 heavy (non-hydrogen) atoms. The fourth-order valence-corrected chi connectivity index (χ4v) is 1.81. The summed E-state index contributed by atoms with van der Waals surface area (Å²) in [4.78, 5) is 11.2. The van der Waals surface area contributed by atoms with Crippen molar-refractivity contribution in [2.24, 2.45) is 0 Å². The molecule has 0 spiro atoms. The number of carbonyl (C=O) groups excluding carboxylic acids is 1. The third kappa shape index (κ3) is 2.28. The van der Waals surface area contributed by atoms with Gasteiger partial charge in [0.1, 0.15) is 11.7 Å². The molecular weight excluding hydrogens is 244 g/mol. The van der Waals surface area contributed by atoms with Gasteiger partial charge in [-0.1, -0.05) is 6.07 Å². The van der Waals surface area contributed by atoms with E-state index in [1.165, 1.54) is 7.11 Å². The molecule has 2 atom stereocenters. The molecule has 1 N–H and O–H groups in total. The van der Waals surface area contributed by atoms with Crippen LogP contribution < -0.4 is 0 Å². The number of benzene rings is 1. The Kier molecular flexibility index (Phi) is 3.36. The van der Waals surface area contributed by atoms with Gasteiger partial charge in [0.05, 0.1) is 13.4 Å². The van der Waals surface area contributed by atoms with Gasteiger partial charge in [0.25, 0.3) is 0 Å². The molecule has 4 nitrogen and oxygen atoms in total. The Bertz CT molecular complexity index is 534. The zero-order valence-corrected chi connectivity index (χ0v) is 9.85. The highest BCUT2D eigenvalue weighted by Crippen LogP contribution is 2.26. The van der Waals surface area contributed by atoms with Gasteiger partial charge in [-0.15, -0.1) is 11.6 Å². The lowest BCUT2D eigenvalue weighted by atomic mass is 10.0. The number of hydrogen-bond donors (Lipinski definition) is 1. The Hall–Kier alpha value is -1.52. The van der Waals surface area contributed by atoms with E-state index in [2.05, 4.69) is 4.74 Å². The Morgan fingerprint density at radius 2 is 2.24 bits per heavy atom. The summed E-state index contributed by atoms with van der Waals surface area (Å²) >= 11 is 5.79. The summed E-state index contributed by atoms with van der Waals surface area (Å²) in [5, 5.41) is 9.65. The van der Waals surface area contributed by atoms with Gasteiger partial charge < -0.3 is 14.3 Å². The highest BCUT2D eigenvalue weighted by Gasteiger charge is 2.26. The van der Waals surface area contributed by atoms with Gasteiger partial charge in [-0.3, -0.25) is 4.79 Å². The molecule has 2 unspecified atom stereocenters. The smallest absolute Gasteiger partial charge is 0.326 e. The van der Waals surface area contributed by atoms with Crippen LogP contribution in [-0.2, 0) is 9.53 Å². The molecule has 90 valence electrons. The monoisotopic (exact) mass is 254 g/mol. The second-order valence-corrected chi connectivity index (χ2v) is 4.06. The third-order valence-electron chi connectivity index (χ3n) is 2.52. The van der Waals surface area contributed by atoms with E-state index in [1.807, 2.05) is 0 Å². The largest absolute Gasteiger partial charge is 0.468 e. The zero-order chi connectivity index (χ0) is 12.4. The summed E-state index contributed by atoms with van der Waals surface area (Å²) in [7, 11) is 1.23. The topological polar surface area (TPSA) is 59.7 Å². The van der Waals surface area contributed by atoms with Crippen molar-refractivity contribution in [2.45, 2.75) is 11.5 Å². The highest BCUT2D eigenvalue weighted by molar-refractivity contribution is 6.30. The molecule has 1 heterocycles. The number of methoxy groups -OCH3 is 1. The van der Waals surface area contributed by atoms with Crippen LogP contribution in [0.25, 0.3) is 11.0 Å². The van der Waals surface area contributed by atoms with Gasteiger partial charge in [0, 0.05) is 5.39 Å². The van der Waals surface area contributed by atoms with Gasteiger partial charge in [-0.2, -0.15) is 0 Å². The number of aliphatic hydroxyl groups excluding tert-OH is 1. The Labute approximate surface area is 103 Å². The number of aliphatic hydroxyl groups is 1. The molecule has 0 aliphatic carbocycles. The highest BCUT2D eigenvalue weighted by atomic mass is 35.5. The van der Waals surface area contributed by atoms with E-state index in [4.69, 9.17) is 16.0 Å². The second-order valence-electron chi connectivity index (χ2n) is 3.59. The van der Waals surface area contributed by atoms with Gasteiger partial charge in [-0.25, -0.2) is 0 Å². The molecule has 0 bridgehead atoms. The standard InChI is InChI=1S/C12H11ClO4/c1-16-12(15)10(13)11(14)8-2-3-9-7(6-8)4-5-17-9/h2-6,10-11,14H,1H3. The number of hydrogen-bond acceptors (Lipinski definition) is 4. The first-order valence-electron chi connectivity index (χ1n) is 5.00. The van der Waals surface area contributed by atoms with Crippen LogP contribution >= 0.6 is 11.6 Å². The molecular formula is C12H11ClO4. The Balaban J connectivity index is 2.29. The van der Waals surface area contributed by atoms with Gasteiger partial charge in [-0.05, 0) is 23.8 Å². The van der Waals surface area contributed by atoms with Crippen LogP contribution in [0.3, 0.4) is 0 Å². The van der Waals surface area contributed by atoms with Crippen LogP contribution in [0.1, 0.15) is 11.7 Å². The fraction of sp³-hybridized carbons (Fsp3) is 0.250. The molecule has 2 aromatic rings. The Morgan fingerprint density at radius 3 is 2.94 bits per heavy atom. The van der Waals surface area contributed by atoms with Crippen LogP contribution in [0.5, 0.6) is 0 Å².